The second-order valence-electron chi connectivity index (χ2n) is 5.13. The Labute approximate surface area is 101 Å². The van der Waals surface area contributed by atoms with Gasteiger partial charge in [-0.15, -0.1) is 0 Å². The summed E-state index contributed by atoms with van der Waals surface area (Å²) in [5.41, 5.74) is -0.608. The molecule has 0 bridgehead atoms. The predicted octanol–water partition coefficient (Wildman–Crippen LogP) is 0.0564. The van der Waals surface area contributed by atoms with Crippen molar-refractivity contribution >= 4 is 12.0 Å². The Bertz CT molecular complexity index is 311. The third-order valence-electron chi connectivity index (χ3n) is 2.51. The van der Waals surface area contributed by atoms with E-state index in [0.29, 0.717) is 13.1 Å². The van der Waals surface area contributed by atoms with Crippen LogP contribution in [0.25, 0.3) is 0 Å². The fourth-order valence-corrected chi connectivity index (χ4v) is 1.63. The molecule has 0 radical (unpaired) electrons. The molecule has 6 heteroatoms. The van der Waals surface area contributed by atoms with Gasteiger partial charge in [-0.25, -0.2) is 4.79 Å². The number of hydrogen-bond acceptors (Lipinski definition) is 4. The van der Waals surface area contributed by atoms with Crippen molar-refractivity contribution in [2.75, 3.05) is 26.7 Å². The molecule has 1 atom stereocenters. The fourth-order valence-electron chi connectivity index (χ4n) is 1.63. The number of ether oxygens (including phenoxy) is 1. The molecule has 1 heterocycles. The molecule has 0 aromatic heterocycles. The molecule has 1 aliphatic heterocycles. The van der Waals surface area contributed by atoms with E-state index in [1.165, 1.54) is 9.80 Å². The Balaban J connectivity index is 2.76. The summed E-state index contributed by atoms with van der Waals surface area (Å²) in [5, 5.41) is 9.20. The maximum Gasteiger partial charge on any atom is 0.411 e. The summed E-state index contributed by atoms with van der Waals surface area (Å²) < 4.78 is 5.20. The standard InChI is InChI=1S/C11H20N2O4/c1-11(2,3)17-10(16)13-6-5-12(4)9(15)8(13)7-14/h8,14H,5-7H2,1-4H3. The van der Waals surface area contributed by atoms with Gasteiger partial charge >= 0.3 is 6.09 Å². The number of aliphatic hydroxyl groups excluding tert-OH is 1. The Morgan fingerprint density at radius 2 is 2.06 bits per heavy atom. The molecule has 2 amide bonds. The molecule has 6 nitrogen and oxygen atoms in total. The van der Waals surface area contributed by atoms with Gasteiger partial charge in [0.2, 0.25) is 5.91 Å². The number of rotatable bonds is 1. The van der Waals surface area contributed by atoms with E-state index in [1.807, 2.05) is 0 Å². The summed E-state index contributed by atoms with van der Waals surface area (Å²) in [5.74, 6) is -0.260. The first kappa shape index (κ1) is 13.8. The number of nitrogens with zero attached hydrogens (tertiary/aromatic N) is 2. The zero-order valence-electron chi connectivity index (χ0n) is 10.8. The number of hydrogen-bond donors (Lipinski definition) is 1. The number of carbonyl (C=O) groups is 2. The average molecular weight is 244 g/mol. The van der Waals surface area contributed by atoms with Crippen molar-refractivity contribution in [2.45, 2.75) is 32.4 Å². The quantitative estimate of drug-likeness (QED) is 0.708. The number of aliphatic hydroxyl groups is 1. The largest absolute Gasteiger partial charge is 0.444 e. The van der Waals surface area contributed by atoms with Gasteiger partial charge in [-0.1, -0.05) is 0 Å². The van der Waals surface area contributed by atoms with Gasteiger partial charge in [0.05, 0.1) is 6.61 Å². The summed E-state index contributed by atoms with van der Waals surface area (Å²) in [7, 11) is 1.65. The topological polar surface area (TPSA) is 70.1 Å². The van der Waals surface area contributed by atoms with Crippen LogP contribution in [0, 0.1) is 0 Å². The minimum Gasteiger partial charge on any atom is -0.444 e. The van der Waals surface area contributed by atoms with Crippen molar-refractivity contribution in [3.63, 3.8) is 0 Å². The molecule has 98 valence electrons. The molecule has 0 spiro atoms. The highest BCUT2D eigenvalue weighted by Crippen LogP contribution is 2.15. The number of likely N-dealkylation sites (N-methyl/N-ethyl adjacent to an activating group) is 1. The zero-order chi connectivity index (χ0) is 13.2. The Hall–Kier alpha value is -1.30. The maximum absolute atomic E-state index is 11.9. The van der Waals surface area contributed by atoms with Gasteiger partial charge < -0.3 is 14.7 Å². The lowest BCUT2D eigenvalue weighted by molar-refractivity contribution is -0.141. The lowest BCUT2D eigenvalue weighted by Crippen LogP contribution is -2.59. The van der Waals surface area contributed by atoms with E-state index < -0.39 is 17.7 Å². The molecule has 1 unspecified atom stereocenters. The van der Waals surface area contributed by atoms with Crippen LogP contribution in [0.2, 0.25) is 0 Å². The maximum atomic E-state index is 11.9. The van der Waals surface area contributed by atoms with E-state index in [-0.39, 0.29) is 12.5 Å². The van der Waals surface area contributed by atoms with Crippen LogP contribution in [0.1, 0.15) is 20.8 Å². The van der Waals surface area contributed by atoms with Crippen LogP contribution in [0.4, 0.5) is 4.79 Å². The number of amides is 2. The van der Waals surface area contributed by atoms with Crippen molar-refractivity contribution in [2.24, 2.45) is 0 Å². The Morgan fingerprint density at radius 1 is 1.47 bits per heavy atom. The van der Waals surface area contributed by atoms with Gasteiger partial charge in [0.25, 0.3) is 0 Å². The molecular weight excluding hydrogens is 224 g/mol. The molecule has 17 heavy (non-hydrogen) atoms. The van der Waals surface area contributed by atoms with Gasteiger partial charge in [0.1, 0.15) is 11.6 Å². The van der Waals surface area contributed by atoms with Crippen LogP contribution in [0.3, 0.4) is 0 Å². The minimum absolute atomic E-state index is 0.260. The van der Waals surface area contributed by atoms with Crippen molar-refractivity contribution in [3.8, 4) is 0 Å². The summed E-state index contributed by atoms with van der Waals surface area (Å²) in [6.45, 7) is 5.73. The predicted molar refractivity (Wildman–Crippen MR) is 61.5 cm³/mol. The molecule has 0 aliphatic carbocycles. The van der Waals surface area contributed by atoms with Crippen LogP contribution in [-0.4, -0.2) is 65.3 Å². The molecule has 0 saturated carbocycles. The SMILES string of the molecule is CN1CCN(C(=O)OC(C)(C)C)C(CO)C1=O. The lowest BCUT2D eigenvalue weighted by atomic mass is 10.1. The van der Waals surface area contributed by atoms with E-state index in [2.05, 4.69) is 0 Å². The van der Waals surface area contributed by atoms with Crippen LogP contribution in [0.5, 0.6) is 0 Å². The minimum atomic E-state index is -0.830. The summed E-state index contributed by atoms with van der Waals surface area (Å²) >= 11 is 0. The Morgan fingerprint density at radius 3 is 2.53 bits per heavy atom. The van der Waals surface area contributed by atoms with Crippen molar-refractivity contribution < 1.29 is 19.4 Å². The molecule has 0 aromatic rings. The van der Waals surface area contributed by atoms with Gasteiger partial charge in [-0.05, 0) is 20.8 Å². The molecule has 1 N–H and O–H groups in total. The molecule has 1 rings (SSSR count). The van der Waals surface area contributed by atoms with Crippen molar-refractivity contribution in [3.05, 3.63) is 0 Å². The molecule has 1 aliphatic rings. The van der Waals surface area contributed by atoms with Crippen LogP contribution < -0.4 is 0 Å². The average Bonchev–Trinajstić information content (AvgIpc) is 2.19. The normalized spacial score (nSPS) is 21.7. The van der Waals surface area contributed by atoms with E-state index >= 15 is 0 Å². The number of piperazine rings is 1. The summed E-state index contributed by atoms with van der Waals surface area (Å²) in [6.07, 6.45) is -0.557. The first-order valence-corrected chi connectivity index (χ1v) is 5.61. The molecular formula is C11H20N2O4. The first-order valence-electron chi connectivity index (χ1n) is 5.61. The van der Waals surface area contributed by atoms with Gasteiger partial charge in [-0.3, -0.25) is 9.69 Å². The molecule has 1 fully saturated rings. The number of carbonyl (C=O) groups excluding carboxylic acids is 2. The van der Waals surface area contributed by atoms with E-state index in [4.69, 9.17) is 4.74 Å². The summed E-state index contributed by atoms with van der Waals surface area (Å²) in [6, 6.07) is -0.830. The van der Waals surface area contributed by atoms with Crippen LogP contribution in [-0.2, 0) is 9.53 Å². The van der Waals surface area contributed by atoms with E-state index in [1.54, 1.807) is 27.8 Å². The summed E-state index contributed by atoms with van der Waals surface area (Å²) in [4.78, 5) is 26.4. The highest BCUT2D eigenvalue weighted by molar-refractivity contribution is 5.86. The Kier molecular flexibility index (Phi) is 3.98. The zero-order valence-corrected chi connectivity index (χ0v) is 10.8. The van der Waals surface area contributed by atoms with Crippen molar-refractivity contribution in [1.29, 1.82) is 0 Å². The van der Waals surface area contributed by atoms with Gasteiger partial charge in [-0.2, -0.15) is 0 Å². The van der Waals surface area contributed by atoms with Gasteiger partial charge in [0, 0.05) is 20.1 Å². The first-order chi connectivity index (χ1) is 7.76. The highest BCUT2D eigenvalue weighted by atomic mass is 16.6. The van der Waals surface area contributed by atoms with Crippen LogP contribution in [0.15, 0.2) is 0 Å². The van der Waals surface area contributed by atoms with Crippen LogP contribution >= 0.6 is 0 Å². The lowest BCUT2D eigenvalue weighted by Gasteiger charge is -2.38. The second-order valence-corrected chi connectivity index (χ2v) is 5.13. The van der Waals surface area contributed by atoms with E-state index in [9.17, 15) is 14.7 Å². The smallest absolute Gasteiger partial charge is 0.411 e. The third-order valence-corrected chi connectivity index (χ3v) is 2.51. The monoisotopic (exact) mass is 244 g/mol. The third kappa shape index (κ3) is 3.33. The molecule has 0 aromatic carbocycles. The van der Waals surface area contributed by atoms with Crippen molar-refractivity contribution in [1.82, 2.24) is 9.80 Å². The van der Waals surface area contributed by atoms with E-state index in [0.717, 1.165) is 0 Å². The highest BCUT2D eigenvalue weighted by Gasteiger charge is 2.37. The second kappa shape index (κ2) is 4.91. The van der Waals surface area contributed by atoms with Gasteiger partial charge in [0.15, 0.2) is 0 Å². The molecule has 1 saturated heterocycles. The fraction of sp³-hybridized carbons (Fsp3) is 0.818.